The lowest BCUT2D eigenvalue weighted by Crippen LogP contribution is -2.28. The molecule has 0 saturated heterocycles. The summed E-state index contributed by atoms with van der Waals surface area (Å²) in [6.07, 6.45) is 1.47. The molecule has 90 valence electrons. The van der Waals surface area contributed by atoms with Gasteiger partial charge >= 0.3 is 0 Å². The van der Waals surface area contributed by atoms with Crippen molar-refractivity contribution in [3.05, 3.63) is 39.4 Å². The molecule has 0 amide bonds. The molecule has 0 aliphatic heterocycles. The van der Waals surface area contributed by atoms with Gasteiger partial charge < -0.3 is 5.32 Å². The second-order valence-electron chi connectivity index (χ2n) is 3.25. The first-order valence-electron chi connectivity index (χ1n) is 4.80. The maximum Gasteiger partial charge on any atom is 0.272 e. The minimum atomic E-state index is -0.418. The van der Waals surface area contributed by atoms with Crippen LogP contribution in [-0.2, 0) is 0 Å². The number of hydrogen-bond donors (Lipinski definition) is 2. The number of nitro groups is 1. The normalized spacial score (nSPS) is 10.2. The molecule has 0 bridgehead atoms. The van der Waals surface area contributed by atoms with Crippen LogP contribution >= 0.6 is 12.2 Å². The Morgan fingerprint density at radius 2 is 2.29 bits per heavy atom. The van der Waals surface area contributed by atoms with Crippen LogP contribution in [0.1, 0.15) is 11.1 Å². The highest BCUT2D eigenvalue weighted by atomic mass is 32.1. The van der Waals surface area contributed by atoms with Crippen molar-refractivity contribution in [1.29, 1.82) is 0 Å². The number of hydrazone groups is 1. The van der Waals surface area contributed by atoms with Gasteiger partial charge in [0.1, 0.15) is 0 Å². The van der Waals surface area contributed by atoms with E-state index >= 15 is 0 Å². The summed E-state index contributed by atoms with van der Waals surface area (Å²) in [4.78, 5) is 10.3. The first-order valence-corrected chi connectivity index (χ1v) is 5.21. The van der Waals surface area contributed by atoms with E-state index in [1.165, 1.54) is 12.3 Å². The highest BCUT2D eigenvalue weighted by molar-refractivity contribution is 7.80. The van der Waals surface area contributed by atoms with Gasteiger partial charge in [0, 0.05) is 24.2 Å². The average Bonchev–Trinajstić information content (AvgIpc) is 2.30. The third-order valence-corrected chi connectivity index (χ3v) is 2.33. The summed E-state index contributed by atoms with van der Waals surface area (Å²) in [6.45, 7) is 1.69. The molecule has 17 heavy (non-hydrogen) atoms. The number of benzene rings is 1. The fourth-order valence-corrected chi connectivity index (χ4v) is 1.18. The van der Waals surface area contributed by atoms with Crippen molar-refractivity contribution in [2.75, 3.05) is 7.05 Å². The summed E-state index contributed by atoms with van der Waals surface area (Å²) in [7, 11) is 1.67. The van der Waals surface area contributed by atoms with Gasteiger partial charge in [-0.3, -0.25) is 15.5 Å². The summed E-state index contributed by atoms with van der Waals surface area (Å²) in [5.74, 6) is 0. The number of hydrogen-bond acceptors (Lipinski definition) is 4. The third-order valence-electron chi connectivity index (χ3n) is 2.04. The van der Waals surface area contributed by atoms with Crippen molar-refractivity contribution < 1.29 is 4.92 Å². The summed E-state index contributed by atoms with van der Waals surface area (Å²) in [5, 5.41) is 17.6. The van der Waals surface area contributed by atoms with Crippen LogP contribution < -0.4 is 10.7 Å². The number of rotatable bonds is 3. The Kier molecular flexibility index (Phi) is 4.53. The molecule has 2 N–H and O–H groups in total. The van der Waals surface area contributed by atoms with Gasteiger partial charge in [0.25, 0.3) is 5.69 Å². The summed E-state index contributed by atoms with van der Waals surface area (Å²) < 4.78 is 0. The molecular formula is C10H12N4O2S. The largest absolute Gasteiger partial charge is 0.364 e. The number of nitro benzene ring substituents is 1. The van der Waals surface area contributed by atoms with Crippen molar-refractivity contribution in [3.63, 3.8) is 0 Å². The molecule has 0 aliphatic rings. The van der Waals surface area contributed by atoms with Crippen LogP contribution in [0.25, 0.3) is 0 Å². The molecule has 1 rings (SSSR count). The van der Waals surface area contributed by atoms with Gasteiger partial charge in [-0.1, -0.05) is 12.1 Å². The monoisotopic (exact) mass is 252 g/mol. The van der Waals surface area contributed by atoms with Crippen LogP contribution in [0, 0.1) is 17.0 Å². The van der Waals surface area contributed by atoms with E-state index in [0.29, 0.717) is 16.2 Å². The van der Waals surface area contributed by atoms with Crippen LogP contribution in [0.2, 0.25) is 0 Å². The number of thiocarbonyl (C=S) groups is 1. The smallest absolute Gasteiger partial charge is 0.272 e. The second kappa shape index (κ2) is 5.90. The SMILES string of the molecule is CNC(=S)N/N=C/c1ccc(C)c([N+](=O)[O-])c1. The molecule has 0 atom stereocenters. The molecule has 0 saturated carbocycles. The molecule has 0 heterocycles. The van der Waals surface area contributed by atoms with E-state index in [4.69, 9.17) is 12.2 Å². The number of aryl methyl sites for hydroxylation is 1. The first-order chi connectivity index (χ1) is 8.04. The standard InChI is InChI=1S/C10H12N4O2S/c1-7-3-4-8(5-9(7)14(15)16)6-12-13-10(17)11-2/h3-6H,1-2H3,(H2,11,13,17)/b12-6+. The van der Waals surface area contributed by atoms with E-state index in [1.54, 1.807) is 26.1 Å². The van der Waals surface area contributed by atoms with E-state index in [-0.39, 0.29) is 5.69 Å². The topological polar surface area (TPSA) is 79.6 Å². The third kappa shape index (κ3) is 3.80. The van der Waals surface area contributed by atoms with Crippen molar-refractivity contribution in [3.8, 4) is 0 Å². The Bertz CT molecular complexity index is 473. The molecule has 0 aliphatic carbocycles. The summed E-state index contributed by atoms with van der Waals surface area (Å²) in [5.41, 5.74) is 3.89. The molecule has 7 heteroatoms. The molecule has 1 aromatic rings. The lowest BCUT2D eigenvalue weighted by atomic mass is 10.1. The fourth-order valence-electron chi connectivity index (χ4n) is 1.12. The maximum absolute atomic E-state index is 10.7. The van der Waals surface area contributed by atoms with E-state index in [9.17, 15) is 10.1 Å². The molecule has 0 spiro atoms. The molecule has 0 radical (unpaired) electrons. The van der Waals surface area contributed by atoms with Crippen LogP contribution in [0.4, 0.5) is 5.69 Å². The van der Waals surface area contributed by atoms with Gasteiger partial charge in [-0.05, 0) is 19.1 Å². The second-order valence-corrected chi connectivity index (χ2v) is 3.66. The molecule has 0 unspecified atom stereocenters. The minimum Gasteiger partial charge on any atom is -0.364 e. The van der Waals surface area contributed by atoms with Gasteiger partial charge in [-0.25, -0.2) is 0 Å². The van der Waals surface area contributed by atoms with Gasteiger partial charge in [-0.2, -0.15) is 5.10 Å². The number of nitrogens with zero attached hydrogens (tertiary/aromatic N) is 2. The molecule has 0 aromatic heterocycles. The van der Waals surface area contributed by atoms with Crippen molar-refractivity contribution in [1.82, 2.24) is 10.7 Å². The zero-order valence-electron chi connectivity index (χ0n) is 9.43. The molecule has 1 aromatic carbocycles. The zero-order chi connectivity index (χ0) is 12.8. The molecule has 0 fully saturated rings. The Morgan fingerprint density at radius 3 is 2.88 bits per heavy atom. The van der Waals surface area contributed by atoms with Crippen LogP contribution in [0.15, 0.2) is 23.3 Å². The maximum atomic E-state index is 10.7. The van der Waals surface area contributed by atoms with E-state index < -0.39 is 4.92 Å². The van der Waals surface area contributed by atoms with E-state index in [1.807, 2.05) is 0 Å². The van der Waals surface area contributed by atoms with Gasteiger partial charge in [0.05, 0.1) is 11.1 Å². The Balaban J connectivity index is 2.82. The van der Waals surface area contributed by atoms with Gasteiger partial charge in [0.2, 0.25) is 0 Å². The van der Waals surface area contributed by atoms with Crippen molar-refractivity contribution >= 4 is 29.2 Å². The van der Waals surface area contributed by atoms with Crippen LogP contribution in [0.5, 0.6) is 0 Å². The van der Waals surface area contributed by atoms with Crippen molar-refractivity contribution in [2.45, 2.75) is 6.92 Å². The fraction of sp³-hybridized carbons (Fsp3) is 0.200. The lowest BCUT2D eigenvalue weighted by molar-refractivity contribution is -0.385. The molecular weight excluding hydrogens is 240 g/mol. The Labute approximate surface area is 104 Å². The summed E-state index contributed by atoms with van der Waals surface area (Å²) in [6, 6.07) is 4.88. The van der Waals surface area contributed by atoms with Crippen molar-refractivity contribution in [2.24, 2.45) is 5.10 Å². The highest BCUT2D eigenvalue weighted by Gasteiger charge is 2.09. The van der Waals surface area contributed by atoms with Gasteiger partial charge in [0.15, 0.2) is 5.11 Å². The average molecular weight is 252 g/mol. The lowest BCUT2D eigenvalue weighted by Gasteiger charge is -2.00. The molecule has 6 nitrogen and oxygen atoms in total. The van der Waals surface area contributed by atoms with Gasteiger partial charge in [-0.15, -0.1) is 0 Å². The predicted molar refractivity (Wildman–Crippen MR) is 70.2 cm³/mol. The first kappa shape index (κ1) is 13.0. The Morgan fingerprint density at radius 1 is 1.59 bits per heavy atom. The zero-order valence-corrected chi connectivity index (χ0v) is 10.2. The predicted octanol–water partition coefficient (Wildman–Crippen LogP) is 1.33. The van der Waals surface area contributed by atoms with Crippen LogP contribution in [-0.4, -0.2) is 23.3 Å². The van der Waals surface area contributed by atoms with E-state index in [0.717, 1.165) is 0 Å². The quantitative estimate of drug-likeness (QED) is 0.367. The number of nitrogens with one attached hydrogen (secondary N) is 2. The van der Waals surface area contributed by atoms with E-state index in [2.05, 4.69) is 15.8 Å². The highest BCUT2D eigenvalue weighted by Crippen LogP contribution is 2.18. The Hall–Kier alpha value is -2.02. The minimum absolute atomic E-state index is 0.0742. The summed E-state index contributed by atoms with van der Waals surface area (Å²) >= 11 is 4.81. The van der Waals surface area contributed by atoms with Crippen LogP contribution in [0.3, 0.4) is 0 Å².